The van der Waals surface area contributed by atoms with Crippen molar-refractivity contribution in [3.8, 4) is 11.1 Å². The van der Waals surface area contributed by atoms with Crippen LogP contribution in [0.4, 0.5) is 10.8 Å². The fourth-order valence-electron chi connectivity index (χ4n) is 2.57. The molecular weight excluding hydrogens is 254 g/mol. The van der Waals surface area contributed by atoms with Gasteiger partial charge in [0.05, 0.1) is 5.56 Å². The molecule has 1 fully saturated rings. The lowest BCUT2D eigenvalue weighted by Crippen LogP contribution is -2.04. The molecule has 0 amide bonds. The zero-order valence-electron chi connectivity index (χ0n) is 11.1. The lowest BCUT2D eigenvalue weighted by atomic mass is 10.1. The molecule has 3 N–H and O–H groups in total. The van der Waals surface area contributed by atoms with Crippen molar-refractivity contribution in [2.24, 2.45) is 5.92 Å². The Morgan fingerprint density at radius 1 is 1.37 bits per heavy atom. The Bertz CT molecular complexity index is 550. The van der Waals surface area contributed by atoms with Gasteiger partial charge in [0.15, 0.2) is 0 Å². The van der Waals surface area contributed by atoms with E-state index in [0.29, 0.717) is 11.9 Å². The van der Waals surface area contributed by atoms with Crippen molar-refractivity contribution in [2.75, 3.05) is 11.1 Å². The molecule has 0 bridgehead atoms. The first-order chi connectivity index (χ1) is 9.29. The summed E-state index contributed by atoms with van der Waals surface area (Å²) >= 11 is 1.47. The van der Waals surface area contributed by atoms with Crippen LogP contribution in [-0.2, 0) is 0 Å². The number of nitrogen functional groups attached to an aromatic ring is 1. The molecule has 3 rings (SSSR count). The summed E-state index contributed by atoms with van der Waals surface area (Å²) in [4.78, 5) is 0. The zero-order valence-corrected chi connectivity index (χ0v) is 11.9. The van der Waals surface area contributed by atoms with Gasteiger partial charge in [-0.1, -0.05) is 43.7 Å². The van der Waals surface area contributed by atoms with Crippen LogP contribution in [0.25, 0.3) is 11.1 Å². The Hall–Kier alpha value is -1.55. The minimum atomic E-state index is 0.613. The summed E-state index contributed by atoms with van der Waals surface area (Å²) in [6.07, 6.45) is 3.85. The Balaban J connectivity index is 1.80. The van der Waals surface area contributed by atoms with Gasteiger partial charge in [-0.3, -0.25) is 0 Å². The lowest BCUT2D eigenvalue weighted by molar-refractivity contribution is 0.693. The van der Waals surface area contributed by atoms with Crippen LogP contribution < -0.4 is 11.1 Å². The zero-order chi connectivity index (χ0) is 13.2. The van der Waals surface area contributed by atoms with Crippen molar-refractivity contribution in [1.29, 1.82) is 0 Å². The molecule has 2 atom stereocenters. The van der Waals surface area contributed by atoms with Gasteiger partial charge < -0.3 is 11.1 Å². The summed E-state index contributed by atoms with van der Waals surface area (Å²) < 4.78 is 4.30. The highest BCUT2D eigenvalue weighted by molar-refractivity contribution is 7.11. The lowest BCUT2D eigenvalue weighted by Gasteiger charge is -2.07. The van der Waals surface area contributed by atoms with E-state index in [0.717, 1.165) is 22.0 Å². The topological polar surface area (TPSA) is 50.9 Å². The van der Waals surface area contributed by atoms with E-state index in [1.165, 1.54) is 30.8 Å². The van der Waals surface area contributed by atoms with Gasteiger partial charge in [-0.05, 0) is 35.9 Å². The average Bonchev–Trinajstić information content (AvgIpc) is 3.04. The standard InChI is InChI=1S/C15H19N3S/c1-2-6-11-9-12(11)17-15-13(14(16)18-19-15)10-7-4-3-5-8-10/h3-5,7-8,11-12,17H,2,6,9H2,1H3,(H2,16,18). The van der Waals surface area contributed by atoms with Crippen LogP contribution in [0.1, 0.15) is 26.2 Å². The van der Waals surface area contributed by atoms with E-state index in [4.69, 9.17) is 5.73 Å². The van der Waals surface area contributed by atoms with Crippen LogP contribution in [0.3, 0.4) is 0 Å². The molecule has 1 aromatic heterocycles. The summed E-state index contributed by atoms with van der Waals surface area (Å²) in [5.74, 6) is 1.46. The van der Waals surface area contributed by atoms with Crippen LogP contribution in [0.2, 0.25) is 0 Å². The quantitative estimate of drug-likeness (QED) is 0.866. The fourth-order valence-corrected chi connectivity index (χ4v) is 3.37. The van der Waals surface area contributed by atoms with Crippen LogP contribution in [0.15, 0.2) is 30.3 Å². The van der Waals surface area contributed by atoms with E-state index < -0.39 is 0 Å². The maximum atomic E-state index is 6.02. The molecule has 1 aliphatic carbocycles. The maximum absolute atomic E-state index is 6.02. The van der Waals surface area contributed by atoms with Gasteiger partial charge in [0.1, 0.15) is 10.8 Å². The highest BCUT2D eigenvalue weighted by Gasteiger charge is 2.36. The third-order valence-corrected chi connectivity index (χ3v) is 4.47. The van der Waals surface area contributed by atoms with Crippen molar-refractivity contribution >= 4 is 22.4 Å². The Morgan fingerprint density at radius 2 is 2.16 bits per heavy atom. The van der Waals surface area contributed by atoms with Gasteiger partial charge in [-0.15, -0.1) is 0 Å². The molecule has 1 aliphatic rings. The molecule has 100 valence electrons. The van der Waals surface area contributed by atoms with Crippen molar-refractivity contribution in [2.45, 2.75) is 32.2 Å². The van der Waals surface area contributed by atoms with Gasteiger partial charge in [0, 0.05) is 6.04 Å². The maximum Gasteiger partial charge on any atom is 0.147 e. The van der Waals surface area contributed by atoms with Gasteiger partial charge in [0.25, 0.3) is 0 Å². The van der Waals surface area contributed by atoms with Crippen molar-refractivity contribution in [3.63, 3.8) is 0 Å². The highest BCUT2D eigenvalue weighted by atomic mass is 32.1. The second kappa shape index (κ2) is 5.21. The summed E-state index contributed by atoms with van der Waals surface area (Å²) in [5.41, 5.74) is 8.23. The molecule has 1 heterocycles. The van der Waals surface area contributed by atoms with Gasteiger partial charge in [-0.25, -0.2) is 0 Å². The normalized spacial score (nSPS) is 21.3. The number of nitrogens with zero attached hydrogens (tertiary/aromatic N) is 1. The Kier molecular flexibility index (Phi) is 3.42. The number of benzene rings is 1. The third-order valence-electron chi connectivity index (χ3n) is 3.68. The molecule has 0 spiro atoms. The van der Waals surface area contributed by atoms with Crippen LogP contribution in [-0.4, -0.2) is 10.4 Å². The summed E-state index contributed by atoms with van der Waals surface area (Å²) in [6.45, 7) is 2.25. The Morgan fingerprint density at radius 3 is 2.89 bits per heavy atom. The van der Waals surface area contributed by atoms with Gasteiger partial charge in [0.2, 0.25) is 0 Å². The first-order valence-electron chi connectivity index (χ1n) is 6.86. The number of nitrogens with two attached hydrogens (primary N) is 1. The van der Waals surface area contributed by atoms with Crippen LogP contribution >= 0.6 is 11.5 Å². The first kappa shape index (κ1) is 12.5. The van der Waals surface area contributed by atoms with Crippen molar-refractivity contribution < 1.29 is 0 Å². The van der Waals surface area contributed by atoms with Crippen molar-refractivity contribution in [1.82, 2.24) is 4.37 Å². The number of nitrogens with one attached hydrogen (secondary N) is 1. The average molecular weight is 273 g/mol. The SMILES string of the molecule is CCCC1CC1Nc1snc(N)c1-c1ccccc1. The molecule has 3 nitrogen and oxygen atoms in total. The number of aromatic nitrogens is 1. The number of anilines is 2. The largest absolute Gasteiger partial charge is 0.382 e. The minimum absolute atomic E-state index is 0.613. The molecule has 0 aliphatic heterocycles. The van der Waals surface area contributed by atoms with Crippen LogP contribution in [0, 0.1) is 5.92 Å². The van der Waals surface area contributed by atoms with Gasteiger partial charge >= 0.3 is 0 Å². The molecule has 4 heteroatoms. The van der Waals surface area contributed by atoms with Crippen molar-refractivity contribution in [3.05, 3.63) is 30.3 Å². The van der Waals surface area contributed by atoms with E-state index in [1.54, 1.807) is 0 Å². The minimum Gasteiger partial charge on any atom is -0.382 e. The molecule has 2 unspecified atom stereocenters. The van der Waals surface area contributed by atoms with E-state index in [2.05, 4.69) is 28.7 Å². The second-order valence-electron chi connectivity index (χ2n) is 5.17. The highest BCUT2D eigenvalue weighted by Crippen LogP contribution is 2.42. The summed E-state index contributed by atoms with van der Waals surface area (Å²) in [6, 6.07) is 10.9. The van der Waals surface area contributed by atoms with E-state index in [1.807, 2.05) is 18.2 Å². The smallest absolute Gasteiger partial charge is 0.147 e. The van der Waals surface area contributed by atoms with E-state index in [9.17, 15) is 0 Å². The van der Waals surface area contributed by atoms with Gasteiger partial charge in [-0.2, -0.15) is 4.37 Å². The third kappa shape index (κ3) is 2.59. The second-order valence-corrected chi connectivity index (χ2v) is 5.95. The Labute approximate surface area is 118 Å². The number of rotatable bonds is 5. The molecular formula is C15H19N3S. The predicted molar refractivity (Wildman–Crippen MR) is 82.4 cm³/mol. The summed E-state index contributed by atoms with van der Waals surface area (Å²) in [7, 11) is 0. The monoisotopic (exact) mass is 273 g/mol. The molecule has 1 saturated carbocycles. The first-order valence-corrected chi connectivity index (χ1v) is 7.64. The summed E-state index contributed by atoms with van der Waals surface area (Å²) in [5, 5.41) is 4.73. The van der Waals surface area contributed by atoms with E-state index in [-0.39, 0.29) is 0 Å². The van der Waals surface area contributed by atoms with Crippen LogP contribution in [0.5, 0.6) is 0 Å². The molecule has 19 heavy (non-hydrogen) atoms. The fraction of sp³-hybridized carbons (Fsp3) is 0.400. The molecule has 0 radical (unpaired) electrons. The number of hydrogen-bond donors (Lipinski definition) is 2. The predicted octanol–water partition coefficient (Wildman–Crippen LogP) is 3.99. The number of hydrogen-bond acceptors (Lipinski definition) is 4. The molecule has 1 aromatic carbocycles. The van der Waals surface area contributed by atoms with E-state index >= 15 is 0 Å². The molecule has 2 aromatic rings. The molecule has 0 saturated heterocycles.